The summed E-state index contributed by atoms with van der Waals surface area (Å²) in [6.45, 7) is 0.119. The molecule has 0 amide bonds. The lowest BCUT2D eigenvalue weighted by Gasteiger charge is -2.35. The van der Waals surface area contributed by atoms with Gasteiger partial charge in [0.25, 0.3) is 0 Å². The van der Waals surface area contributed by atoms with E-state index in [1.165, 1.54) is 0 Å². The van der Waals surface area contributed by atoms with Gasteiger partial charge in [-0.25, -0.2) is 8.42 Å². The first-order valence-corrected chi connectivity index (χ1v) is 8.25. The molecule has 0 radical (unpaired) electrons. The van der Waals surface area contributed by atoms with Crippen molar-refractivity contribution in [2.24, 2.45) is 11.1 Å². The number of sulfone groups is 1. The van der Waals surface area contributed by atoms with E-state index >= 15 is 0 Å². The highest BCUT2D eigenvalue weighted by Crippen LogP contribution is 2.46. The van der Waals surface area contributed by atoms with Crippen LogP contribution in [0.15, 0.2) is 0 Å². The second-order valence-electron chi connectivity index (χ2n) is 4.18. The molecule has 90 valence electrons. The van der Waals surface area contributed by atoms with Gasteiger partial charge in [0.05, 0.1) is 17.7 Å². The Kier molecular flexibility index (Phi) is 3.63. The average molecular weight is 257 g/mol. The summed E-state index contributed by atoms with van der Waals surface area (Å²) >= 11 is 0. The van der Waals surface area contributed by atoms with Gasteiger partial charge in [-0.15, -0.1) is 0 Å². The van der Waals surface area contributed by atoms with Crippen molar-refractivity contribution >= 4 is 17.4 Å². The van der Waals surface area contributed by atoms with Crippen molar-refractivity contribution in [3.05, 3.63) is 0 Å². The molecule has 15 heavy (non-hydrogen) atoms. The predicted molar refractivity (Wildman–Crippen MR) is 56.3 cm³/mol. The molecule has 0 saturated carbocycles. The molecular weight excluding hydrogens is 241 g/mol. The van der Waals surface area contributed by atoms with Crippen molar-refractivity contribution in [2.75, 3.05) is 24.2 Å². The third-order valence-electron chi connectivity index (χ3n) is 2.86. The van der Waals surface area contributed by atoms with Gasteiger partial charge in [0.2, 0.25) is 0 Å². The largest absolute Gasteiger partial charge is 0.330 e. The molecule has 0 aromatic carbocycles. The van der Waals surface area contributed by atoms with Crippen LogP contribution in [-0.4, -0.2) is 42.4 Å². The van der Waals surface area contributed by atoms with E-state index in [2.05, 4.69) is 0 Å². The maximum Gasteiger partial charge on any atom is 0.326 e. The zero-order valence-electron chi connectivity index (χ0n) is 8.29. The van der Waals surface area contributed by atoms with Gasteiger partial charge in [-0.2, -0.15) is 0 Å². The van der Waals surface area contributed by atoms with Crippen LogP contribution in [0.1, 0.15) is 12.8 Å². The van der Waals surface area contributed by atoms with E-state index in [1.54, 1.807) is 0 Å². The summed E-state index contributed by atoms with van der Waals surface area (Å²) in [4.78, 5) is 17.8. The van der Waals surface area contributed by atoms with E-state index in [0.29, 0.717) is 0 Å². The van der Waals surface area contributed by atoms with Crippen molar-refractivity contribution in [1.82, 2.24) is 0 Å². The Balaban J connectivity index is 2.77. The number of hydrogen-bond acceptors (Lipinski definition) is 4. The summed E-state index contributed by atoms with van der Waals surface area (Å²) in [7, 11) is -7.16. The summed E-state index contributed by atoms with van der Waals surface area (Å²) < 4.78 is 33.3. The Morgan fingerprint density at radius 2 is 1.73 bits per heavy atom. The monoisotopic (exact) mass is 257 g/mol. The second-order valence-corrected chi connectivity index (χ2v) is 8.13. The van der Waals surface area contributed by atoms with E-state index in [-0.39, 0.29) is 37.1 Å². The minimum absolute atomic E-state index is 0.0236. The Morgan fingerprint density at radius 1 is 1.27 bits per heavy atom. The molecule has 0 atom stereocenters. The zero-order valence-corrected chi connectivity index (χ0v) is 10.0. The summed E-state index contributed by atoms with van der Waals surface area (Å²) in [5.74, 6) is -0.0472. The third kappa shape index (κ3) is 3.85. The maximum absolute atomic E-state index is 11.2. The number of nitrogens with two attached hydrogens (primary N) is 1. The molecule has 0 unspecified atom stereocenters. The topological polar surface area (TPSA) is 118 Å². The molecule has 8 heteroatoms. The molecule has 1 heterocycles. The molecule has 4 N–H and O–H groups in total. The van der Waals surface area contributed by atoms with Crippen molar-refractivity contribution < 1.29 is 22.8 Å². The van der Waals surface area contributed by atoms with Gasteiger partial charge in [0.1, 0.15) is 9.84 Å². The van der Waals surface area contributed by atoms with Crippen LogP contribution in [0.5, 0.6) is 0 Å². The van der Waals surface area contributed by atoms with Crippen LogP contribution < -0.4 is 5.73 Å². The molecule has 0 spiro atoms. The Bertz CT molecular complexity index is 359. The highest BCUT2D eigenvalue weighted by Gasteiger charge is 2.40. The van der Waals surface area contributed by atoms with E-state index in [4.69, 9.17) is 15.5 Å². The van der Waals surface area contributed by atoms with E-state index in [9.17, 15) is 13.0 Å². The first-order chi connectivity index (χ1) is 6.68. The second kappa shape index (κ2) is 4.14. The van der Waals surface area contributed by atoms with Gasteiger partial charge in [-0.1, -0.05) is 0 Å². The van der Waals surface area contributed by atoms with Gasteiger partial charge in [0, 0.05) is 0 Å². The van der Waals surface area contributed by atoms with E-state index in [0.717, 1.165) is 0 Å². The standard InChI is InChI=1S/C7H16NO5PS/c8-5-7(6-14(9,10)11)1-3-15(12,13)4-2-7/h1-6,8H2,(H2,9,10,11). The summed E-state index contributed by atoms with van der Waals surface area (Å²) in [5.41, 5.74) is 4.79. The molecule has 1 saturated heterocycles. The highest BCUT2D eigenvalue weighted by molar-refractivity contribution is 7.91. The minimum atomic E-state index is -4.13. The van der Waals surface area contributed by atoms with Crippen LogP contribution in [0.25, 0.3) is 0 Å². The van der Waals surface area contributed by atoms with E-state index in [1.807, 2.05) is 0 Å². The van der Waals surface area contributed by atoms with E-state index < -0.39 is 22.8 Å². The summed E-state index contributed by atoms with van der Waals surface area (Å²) in [5, 5.41) is 0. The normalized spacial score (nSPS) is 25.0. The van der Waals surface area contributed by atoms with Crippen LogP contribution in [0.2, 0.25) is 0 Å². The molecule has 0 aromatic rings. The van der Waals surface area contributed by atoms with Crippen LogP contribution in [-0.2, 0) is 14.4 Å². The van der Waals surface area contributed by atoms with Crippen molar-refractivity contribution in [2.45, 2.75) is 12.8 Å². The van der Waals surface area contributed by atoms with Crippen LogP contribution in [0.4, 0.5) is 0 Å². The highest BCUT2D eigenvalue weighted by atomic mass is 32.2. The molecule has 0 aliphatic carbocycles. The van der Waals surface area contributed by atoms with Gasteiger partial charge < -0.3 is 15.5 Å². The SMILES string of the molecule is NCC1(CP(=O)(O)O)CCS(=O)(=O)CC1. The Labute approximate surface area is 88.9 Å². The maximum atomic E-state index is 11.2. The fourth-order valence-electron chi connectivity index (χ4n) is 1.83. The van der Waals surface area contributed by atoms with Crippen LogP contribution in [0.3, 0.4) is 0 Å². The molecular formula is C7H16NO5PS. The van der Waals surface area contributed by atoms with Crippen LogP contribution >= 0.6 is 7.60 Å². The minimum Gasteiger partial charge on any atom is -0.330 e. The fraction of sp³-hybridized carbons (Fsp3) is 1.00. The molecule has 1 aliphatic rings. The van der Waals surface area contributed by atoms with Crippen molar-refractivity contribution in [1.29, 1.82) is 0 Å². The molecule has 0 bridgehead atoms. The van der Waals surface area contributed by atoms with Crippen molar-refractivity contribution in [3.63, 3.8) is 0 Å². The number of rotatable bonds is 3. The lowest BCUT2D eigenvalue weighted by molar-refractivity contribution is 0.272. The lowest BCUT2D eigenvalue weighted by Crippen LogP contribution is -2.41. The molecule has 1 aliphatic heterocycles. The molecule has 1 rings (SSSR count). The van der Waals surface area contributed by atoms with Gasteiger partial charge in [0.15, 0.2) is 0 Å². The zero-order chi connectivity index (χ0) is 11.7. The Morgan fingerprint density at radius 3 is 2.07 bits per heavy atom. The number of hydrogen-bond donors (Lipinski definition) is 3. The van der Waals surface area contributed by atoms with Gasteiger partial charge in [-0.05, 0) is 24.8 Å². The first-order valence-electron chi connectivity index (χ1n) is 4.63. The smallest absolute Gasteiger partial charge is 0.326 e. The Hall–Kier alpha value is 0.0600. The van der Waals surface area contributed by atoms with Gasteiger partial charge >= 0.3 is 7.60 Å². The summed E-state index contributed by atoms with van der Waals surface area (Å²) in [6, 6.07) is 0. The summed E-state index contributed by atoms with van der Waals surface area (Å²) in [6.07, 6.45) is 0.180. The molecule has 0 aromatic heterocycles. The van der Waals surface area contributed by atoms with Crippen molar-refractivity contribution in [3.8, 4) is 0 Å². The third-order valence-corrected chi connectivity index (χ3v) is 5.60. The first kappa shape index (κ1) is 13.1. The molecule has 6 nitrogen and oxygen atoms in total. The van der Waals surface area contributed by atoms with Crippen LogP contribution in [0, 0.1) is 5.41 Å². The van der Waals surface area contributed by atoms with Gasteiger partial charge in [-0.3, -0.25) is 4.57 Å². The molecule has 1 fully saturated rings. The average Bonchev–Trinajstić information content (AvgIpc) is 2.07. The predicted octanol–water partition coefficient (Wildman–Crippen LogP) is -0.682. The fourth-order valence-corrected chi connectivity index (χ4v) is 4.85. The quantitative estimate of drug-likeness (QED) is 0.576. The lowest BCUT2D eigenvalue weighted by atomic mass is 9.84.